The van der Waals surface area contributed by atoms with E-state index in [0.29, 0.717) is 16.7 Å². The summed E-state index contributed by atoms with van der Waals surface area (Å²) in [6, 6.07) is 10.9. The summed E-state index contributed by atoms with van der Waals surface area (Å²) in [7, 11) is 0. The zero-order valence-corrected chi connectivity index (χ0v) is 11.7. The number of anilines is 1. The number of carbonyl (C=O) groups is 2. The number of ether oxygens (including phenoxy) is 1. The second kappa shape index (κ2) is 3.73. The van der Waals surface area contributed by atoms with E-state index in [1.54, 1.807) is 24.3 Å². The summed E-state index contributed by atoms with van der Waals surface area (Å²) in [6.45, 7) is 3.88. The number of fused-ring (bicyclic) bond motifs is 3. The number of esters is 1. The number of ketones is 1. The molecule has 104 valence electrons. The van der Waals surface area contributed by atoms with E-state index in [1.165, 1.54) is 0 Å². The number of Topliss-reactive ketones (excluding diaryl/α,β-unsaturated/α-hetero) is 1. The molecule has 0 saturated heterocycles. The fourth-order valence-electron chi connectivity index (χ4n) is 3.21. The van der Waals surface area contributed by atoms with Gasteiger partial charge in [-0.25, -0.2) is 4.79 Å². The van der Waals surface area contributed by atoms with Crippen molar-refractivity contribution in [2.24, 2.45) is 0 Å². The van der Waals surface area contributed by atoms with E-state index >= 15 is 0 Å². The summed E-state index contributed by atoms with van der Waals surface area (Å²) in [5, 5.41) is 3.15. The van der Waals surface area contributed by atoms with Crippen LogP contribution in [0.3, 0.4) is 0 Å². The summed E-state index contributed by atoms with van der Waals surface area (Å²) in [5.41, 5.74) is 2.95. The van der Waals surface area contributed by atoms with Crippen LogP contribution in [-0.2, 0) is 10.5 Å². The maximum absolute atomic E-state index is 12.9. The predicted octanol–water partition coefficient (Wildman–Crippen LogP) is 2.94. The molecule has 1 unspecified atom stereocenters. The van der Waals surface area contributed by atoms with Crippen molar-refractivity contribution in [2.75, 3.05) is 5.32 Å². The van der Waals surface area contributed by atoms with Crippen molar-refractivity contribution < 1.29 is 14.3 Å². The second-order valence-electron chi connectivity index (χ2n) is 5.57. The van der Waals surface area contributed by atoms with Crippen LogP contribution in [-0.4, -0.2) is 11.8 Å². The van der Waals surface area contributed by atoms with Gasteiger partial charge in [0.25, 0.3) is 5.72 Å². The maximum atomic E-state index is 12.9. The fraction of sp³-hybridized carbons (Fsp3) is 0.176. The molecule has 0 bridgehead atoms. The van der Waals surface area contributed by atoms with Gasteiger partial charge in [0.2, 0.25) is 5.78 Å². The van der Waals surface area contributed by atoms with Crippen molar-refractivity contribution in [3.05, 3.63) is 64.2 Å². The molecule has 4 nitrogen and oxygen atoms in total. The Hall–Kier alpha value is -2.62. The first kappa shape index (κ1) is 12.1. The molecule has 4 rings (SSSR count). The van der Waals surface area contributed by atoms with Crippen molar-refractivity contribution in [1.29, 1.82) is 0 Å². The van der Waals surface area contributed by atoms with E-state index in [-0.39, 0.29) is 5.78 Å². The van der Waals surface area contributed by atoms with Crippen LogP contribution in [0.25, 0.3) is 0 Å². The monoisotopic (exact) mass is 279 g/mol. The summed E-state index contributed by atoms with van der Waals surface area (Å²) >= 11 is 0. The molecule has 2 heterocycles. The Balaban J connectivity index is 1.96. The fourth-order valence-corrected chi connectivity index (χ4v) is 3.21. The minimum absolute atomic E-state index is 0.206. The molecule has 4 heteroatoms. The molecule has 0 amide bonds. The number of nitrogens with one attached hydrogen (secondary N) is 1. The maximum Gasteiger partial charge on any atom is 0.341 e. The molecule has 0 saturated carbocycles. The smallest absolute Gasteiger partial charge is 0.341 e. The van der Waals surface area contributed by atoms with E-state index in [0.717, 1.165) is 16.8 Å². The van der Waals surface area contributed by atoms with Gasteiger partial charge < -0.3 is 10.1 Å². The average molecular weight is 279 g/mol. The Morgan fingerprint density at radius 1 is 1.05 bits per heavy atom. The normalized spacial score (nSPS) is 22.0. The van der Waals surface area contributed by atoms with Gasteiger partial charge in [0, 0.05) is 11.1 Å². The molecule has 21 heavy (non-hydrogen) atoms. The Morgan fingerprint density at radius 2 is 1.81 bits per heavy atom. The lowest BCUT2D eigenvalue weighted by molar-refractivity contribution is 0.0111. The lowest BCUT2D eigenvalue weighted by Gasteiger charge is -2.22. The molecule has 0 aromatic heterocycles. The van der Waals surface area contributed by atoms with Gasteiger partial charge in [-0.3, -0.25) is 4.79 Å². The zero-order valence-electron chi connectivity index (χ0n) is 11.7. The topological polar surface area (TPSA) is 55.4 Å². The van der Waals surface area contributed by atoms with Crippen LogP contribution >= 0.6 is 0 Å². The number of rotatable bonds is 0. The first-order valence-electron chi connectivity index (χ1n) is 6.80. The Morgan fingerprint density at radius 3 is 2.62 bits per heavy atom. The van der Waals surface area contributed by atoms with Gasteiger partial charge in [0.05, 0.1) is 11.3 Å². The molecule has 1 N–H and O–H groups in total. The van der Waals surface area contributed by atoms with E-state index in [9.17, 15) is 9.59 Å². The van der Waals surface area contributed by atoms with Gasteiger partial charge >= 0.3 is 5.97 Å². The molecule has 0 radical (unpaired) electrons. The number of benzene rings is 2. The highest BCUT2D eigenvalue weighted by Gasteiger charge is 2.56. The van der Waals surface area contributed by atoms with Crippen LogP contribution in [0.2, 0.25) is 0 Å². The molecule has 0 aliphatic carbocycles. The molecule has 0 fully saturated rings. The summed E-state index contributed by atoms with van der Waals surface area (Å²) < 4.78 is 5.47. The Kier molecular flexibility index (Phi) is 2.15. The standard InChI is InChI=1S/C17H13NO3/c1-9-7-10(2)14-12(8-9)15(19)17(18-14)13-6-4-3-5-11(13)16(20)21-17/h3-8,18H,1-2H3. The highest BCUT2D eigenvalue weighted by Crippen LogP contribution is 2.46. The van der Waals surface area contributed by atoms with Crippen LogP contribution in [0, 0.1) is 13.8 Å². The van der Waals surface area contributed by atoms with Gasteiger partial charge in [-0.1, -0.05) is 24.3 Å². The molecular formula is C17H13NO3. The van der Waals surface area contributed by atoms with Crippen LogP contribution < -0.4 is 5.32 Å². The number of carbonyl (C=O) groups excluding carboxylic acids is 2. The van der Waals surface area contributed by atoms with Gasteiger partial charge in [-0.05, 0) is 37.1 Å². The highest BCUT2D eigenvalue weighted by atomic mass is 16.6. The van der Waals surface area contributed by atoms with E-state index < -0.39 is 11.7 Å². The quantitative estimate of drug-likeness (QED) is 0.753. The highest BCUT2D eigenvalue weighted by molar-refractivity contribution is 6.17. The van der Waals surface area contributed by atoms with Gasteiger partial charge in [-0.15, -0.1) is 0 Å². The molecule has 2 aromatic carbocycles. The lowest BCUT2D eigenvalue weighted by Crippen LogP contribution is -2.38. The molecule has 1 spiro atoms. The molecule has 2 aromatic rings. The zero-order chi connectivity index (χ0) is 14.8. The lowest BCUT2D eigenvalue weighted by atomic mass is 9.95. The minimum Gasteiger partial charge on any atom is -0.423 e. The van der Waals surface area contributed by atoms with Crippen LogP contribution in [0.1, 0.15) is 37.4 Å². The third kappa shape index (κ3) is 1.39. The third-order valence-electron chi connectivity index (χ3n) is 4.12. The van der Waals surface area contributed by atoms with Gasteiger partial charge in [0.1, 0.15) is 0 Å². The molecule has 2 aliphatic heterocycles. The van der Waals surface area contributed by atoms with Crippen molar-refractivity contribution in [3.8, 4) is 0 Å². The number of aryl methyl sites for hydroxylation is 2. The predicted molar refractivity (Wildman–Crippen MR) is 77.4 cm³/mol. The molecular weight excluding hydrogens is 266 g/mol. The van der Waals surface area contributed by atoms with Crippen molar-refractivity contribution >= 4 is 17.4 Å². The molecule has 1 atom stereocenters. The number of hydrogen-bond acceptors (Lipinski definition) is 4. The minimum atomic E-state index is -1.39. The summed E-state index contributed by atoms with van der Waals surface area (Å²) in [5.74, 6) is -0.670. The second-order valence-corrected chi connectivity index (χ2v) is 5.57. The average Bonchev–Trinajstić information content (AvgIpc) is 2.90. The van der Waals surface area contributed by atoms with Crippen molar-refractivity contribution in [2.45, 2.75) is 19.6 Å². The summed E-state index contributed by atoms with van der Waals surface area (Å²) in [4.78, 5) is 25.0. The first-order valence-corrected chi connectivity index (χ1v) is 6.80. The van der Waals surface area contributed by atoms with Gasteiger partial charge in [-0.2, -0.15) is 0 Å². The molecule has 2 aliphatic rings. The Bertz CT molecular complexity index is 825. The van der Waals surface area contributed by atoms with E-state index in [4.69, 9.17) is 4.74 Å². The van der Waals surface area contributed by atoms with Crippen LogP contribution in [0.15, 0.2) is 36.4 Å². The van der Waals surface area contributed by atoms with Gasteiger partial charge in [0.15, 0.2) is 0 Å². The Labute approximate surface area is 121 Å². The number of hydrogen-bond donors (Lipinski definition) is 1. The van der Waals surface area contributed by atoms with Crippen molar-refractivity contribution in [1.82, 2.24) is 0 Å². The van der Waals surface area contributed by atoms with Crippen LogP contribution in [0.4, 0.5) is 5.69 Å². The van der Waals surface area contributed by atoms with E-state index in [1.807, 2.05) is 26.0 Å². The first-order chi connectivity index (χ1) is 10.0. The van der Waals surface area contributed by atoms with E-state index in [2.05, 4.69) is 5.32 Å². The largest absolute Gasteiger partial charge is 0.423 e. The summed E-state index contributed by atoms with van der Waals surface area (Å²) in [6.07, 6.45) is 0. The third-order valence-corrected chi connectivity index (χ3v) is 4.12. The van der Waals surface area contributed by atoms with Crippen molar-refractivity contribution in [3.63, 3.8) is 0 Å². The SMILES string of the molecule is Cc1cc(C)c2c(c1)C(=O)C1(N2)OC(=O)c2ccccc21. The van der Waals surface area contributed by atoms with Crippen LogP contribution in [0.5, 0.6) is 0 Å².